The maximum absolute atomic E-state index is 11.9. The zero-order chi connectivity index (χ0) is 18.6. The number of nitrogens with two attached hydrogens (primary N) is 1. The number of para-hydroxylation sites is 1. The summed E-state index contributed by atoms with van der Waals surface area (Å²) in [6, 6.07) is 16.9. The molecule has 1 atom stereocenters. The molecule has 1 fully saturated rings. The highest BCUT2D eigenvalue weighted by Gasteiger charge is 2.25. The van der Waals surface area contributed by atoms with Gasteiger partial charge in [0.05, 0.1) is 0 Å². The minimum atomic E-state index is -0.589. The van der Waals surface area contributed by atoms with Crippen LogP contribution in [0.1, 0.15) is 35.1 Å². The molecule has 4 rings (SSSR count). The number of primary amides is 1. The lowest BCUT2D eigenvalue weighted by molar-refractivity contribution is 0.0996. The first-order chi connectivity index (χ1) is 13.2. The normalized spacial score (nSPS) is 16.8. The topological polar surface area (TPSA) is 90.4 Å². The molecule has 27 heavy (non-hydrogen) atoms. The summed E-state index contributed by atoms with van der Waals surface area (Å²) in [7, 11) is 0. The van der Waals surface area contributed by atoms with Gasteiger partial charge >= 0.3 is 0 Å². The van der Waals surface area contributed by atoms with Crippen LogP contribution in [0.3, 0.4) is 0 Å². The quantitative estimate of drug-likeness (QED) is 0.721. The number of nitrogens with zero attached hydrogens (tertiary/aromatic N) is 1. The van der Waals surface area contributed by atoms with Gasteiger partial charge in [0.25, 0.3) is 5.91 Å². The van der Waals surface area contributed by atoms with Crippen LogP contribution in [0.2, 0.25) is 0 Å². The highest BCUT2D eigenvalue weighted by atomic mass is 16.5. The minimum Gasteiger partial charge on any atom is -0.457 e. The summed E-state index contributed by atoms with van der Waals surface area (Å²) in [5.74, 6) is 2.00. The number of amides is 1. The van der Waals surface area contributed by atoms with Gasteiger partial charge in [0, 0.05) is 18.0 Å². The predicted octanol–water partition coefficient (Wildman–Crippen LogP) is 3.70. The average molecular weight is 363 g/mol. The van der Waals surface area contributed by atoms with Crippen molar-refractivity contribution in [3.63, 3.8) is 0 Å². The van der Waals surface area contributed by atoms with Crippen molar-refractivity contribution in [2.45, 2.75) is 18.8 Å². The summed E-state index contributed by atoms with van der Waals surface area (Å²) in [6.07, 6.45) is 2.04. The van der Waals surface area contributed by atoms with Gasteiger partial charge in [-0.1, -0.05) is 18.2 Å². The first kappa shape index (κ1) is 17.3. The molecule has 0 aliphatic carbocycles. The van der Waals surface area contributed by atoms with Crippen LogP contribution in [-0.2, 0) is 0 Å². The highest BCUT2D eigenvalue weighted by molar-refractivity contribution is 5.96. The Kier molecular flexibility index (Phi) is 4.89. The van der Waals surface area contributed by atoms with Crippen LogP contribution in [0.5, 0.6) is 11.5 Å². The van der Waals surface area contributed by atoms with Crippen molar-refractivity contribution >= 4 is 5.91 Å². The lowest BCUT2D eigenvalue weighted by atomic mass is 10.00. The number of oxazole rings is 1. The largest absolute Gasteiger partial charge is 0.457 e. The third-order valence-corrected chi connectivity index (χ3v) is 4.62. The number of nitrogens with one attached hydrogen (secondary N) is 1. The number of piperidine rings is 1. The second-order valence-corrected chi connectivity index (χ2v) is 6.58. The number of aromatic nitrogens is 1. The first-order valence-corrected chi connectivity index (χ1v) is 9.05. The van der Waals surface area contributed by atoms with E-state index in [0.29, 0.717) is 17.4 Å². The summed E-state index contributed by atoms with van der Waals surface area (Å²) >= 11 is 0. The minimum absolute atomic E-state index is 0.159. The first-order valence-electron chi connectivity index (χ1n) is 9.05. The molecule has 6 heteroatoms. The number of carbonyl (C=O) groups is 1. The van der Waals surface area contributed by atoms with Crippen LogP contribution in [0.25, 0.3) is 11.3 Å². The molecule has 6 nitrogen and oxygen atoms in total. The van der Waals surface area contributed by atoms with E-state index < -0.39 is 5.91 Å². The lowest BCUT2D eigenvalue weighted by Crippen LogP contribution is -2.28. The second kappa shape index (κ2) is 7.63. The van der Waals surface area contributed by atoms with Crippen molar-refractivity contribution in [2.75, 3.05) is 13.1 Å². The fraction of sp³-hybridized carbons (Fsp3) is 0.238. The Morgan fingerprint density at radius 2 is 1.85 bits per heavy atom. The Morgan fingerprint density at radius 1 is 1.11 bits per heavy atom. The molecule has 2 heterocycles. The molecule has 3 N–H and O–H groups in total. The van der Waals surface area contributed by atoms with Gasteiger partial charge in [0.15, 0.2) is 17.3 Å². The van der Waals surface area contributed by atoms with Gasteiger partial charge in [0.2, 0.25) is 0 Å². The Bertz CT molecular complexity index is 914. The number of hydrogen-bond acceptors (Lipinski definition) is 5. The van der Waals surface area contributed by atoms with E-state index in [2.05, 4.69) is 10.3 Å². The molecular weight excluding hydrogens is 342 g/mol. The van der Waals surface area contributed by atoms with Crippen molar-refractivity contribution in [1.82, 2.24) is 10.3 Å². The molecule has 1 amide bonds. The van der Waals surface area contributed by atoms with Crippen LogP contribution in [0, 0.1) is 0 Å². The highest BCUT2D eigenvalue weighted by Crippen LogP contribution is 2.32. The molecule has 1 aliphatic rings. The third-order valence-electron chi connectivity index (χ3n) is 4.62. The Hall–Kier alpha value is -3.12. The van der Waals surface area contributed by atoms with E-state index >= 15 is 0 Å². The Balaban J connectivity index is 1.60. The molecule has 0 saturated carbocycles. The van der Waals surface area contributed by atoms with Crippen molar-refractivity contribution in [2.24, 2.45) is 5.73 Å². The molecule has 2 aromatic carbocycles. The summed E-state index contributed by atoms with van der Waals surface area (Å²) < 4.78 is 11.8. The number of hydrogen-bond donors (Lipinski definition) is 2. The van der Waals surface area contributed by atoms with E-state index in [9.17, 15) is 4.79 Å². The fourth-order valence-electron chi connectivity index (χ4n) is 3.24. The Morgan fingerprint density at radius 3 is 2.52 bits per heavy atom. The molecule has 1 aromatic heterocycles. The predicted molar refractivity (Wildman–Crippen MR) is 102 cm³/mol. The smallest absolute Gasteiger partial charge is 0.271 e. The third kappa shape index (κ3) is 3.85. The van der Waals surface area contributed by atoms with E-state index in [0.717, 1.165) is 37.2 Å². The van der Waals surface area contributed by atoms with Gasteiger partial charge in [-0.25, -0.2) is 4.98 Å². The van der Waals surface area contributed by atoms with Crippen LogP contribution in [-0.4, -0.2) is 24.0 Å². The number of ether oxygens (including phenoxy) is 1. The van der Waals surface area contributed by atoms with Crippen molar-refractivity contribution < 1.29 is 13.9 Å². The van der Waals surface area contributed by atoms with Crippen molar-refractivity contribution in [1.29, 1.82) is 0 Å². The standard InChI is InChI=1S/C21H21N3O3/c22-20(25)18-19(27-21(24-18)15-5-4-12-23-13-15)14-8-10-17(11-9-14)26-16-6-2-1-3-7-16/h1-3,6-11,15,23H,4-5,12-13H2,(H2,22,25). The molecule has 0 radical (unpaired) electrons. The fourth-order valence-corrected chi connectivity index (χ4v) is 3.24. The molecule has 1 aliphatic heterocycles. The molecular formula is C21H21N3O3. The van der Waals surface area contributed by atoms with Gasteiger partial charge in [-0.05, 0) is 55.8 Å². The van der Waals surface area contributed by atoms with Gasteiger partial charge in [0.1, 0.15) is 11.5 Å². The monoisotopic (exact) mass is 363 g/mol. The zero-order valence-corrected chi connectivity index (χ0v) is 14.9. The van der Waals surface area contributed by atoms with Crippen LogP contribution >= 0.6 is 0 Å². The van der Waals surface area contributed by atoms with Gasteiger partial charge in [-0.15, -0.1) is 0 Å². The average Bonchev–Trinajstić information content (AvgIpc) is 3.16. The zero-order valence-electron chi connectivity index (χ0n) is 14.9. The van der Waals surface area contributed by atoms with E-state index in [-0.39, 0.29) is 11.6 Å². The maximum Gasteiger partial charge on any atom is 0.271 e. The summed E-state index contributed by atoms with van der Waals surface area (Å²) in [5.41, 5.74) is 6.44. The lowest BCUT2D eigenvalue weighted by Gasteiger charge is -2.19. The summed E-state index contributed by atoms with van der Waals surface area (Å²) in [6.45, 7) is 1.79. The number of rotatable bonds is 5. The van der Waals surface area contributed by atoms with Crippen LogP contribution in [0.15, 0.2) is 59.0 Å². The molecule has 3 aromatic rings. The van der Waals surface area contributed by atoms with Crippen molar-refractivity contribution in [3.05, 3.63) is 66.2 Å². The number of benzene rings is 2. The molecule has 1 unspecified atom stereocenters. The van der Waals surface area contributed by atoms with Crippen molar-refractivity contribution in [3.8, 4) is 22.8 Å². The maximum atomic E-state index is 11.9. The van der Waals surface area contributed by atoms with E-state index in [4.69, 9.17) is 14.9 Å². The second-order valence-electron chi connectivity index (χ2n) is 6.58. The molecule has 0 bridgehead atoms. The van der Waals surface area contributed by atoms with Crippen LogP contribution < -0.4 is 15.8 Å². The van der Waals surface area contributed by atoms with Crippen LogP contribution in [0.4, 0.5) is 0 Å². The molecule has 0 spiro atoms. The molecule has 138 valence electrons. The van der Waals surface area contributed by atoms with Gasteiger partial charge in [-0.3, -0.25) is 4.79 Å². The van der Waals surface area contributed by atoms with E-state index in [1.54, 1.807) is 0 Å². The van der Waals surface area contributed by atoms with Gasteiger partial charge in [-0.2, -0.15) is 0 Å². The number of carbonyl (C=O) groups excluding carboxylic acids is 1. The van der Waals surface area contributed by atoms with E-state index in [1.807, 2.05) is 54.6 Å². The summed E-state index contributed by atoms with van der Waals surface area (Å²) in [4.78, 5) is 16.2. The molecule has 1 saturated heterocycles. The van der Waals surface area contributed by atoms with Gasteiger partial charge < -0.3 is 20.2 Å². The SMILES string of the molecule is NC(=O)c1nc(C2CCCNC2)oc1-c1ccc(Oc2ccccc2)cc1. The Labute approximate surface area is 157 Å². The van der Waals surface area contributed by atoms with E-state index in [1.165, 1.54) is 0 Å². The summed E-state index contributed by atoms with van der Waals surface area (Å²) in [5, 5.41) is 3.33.